The topological polar surface area (TPSA) is 111 Å². The van der Waals surface area contributed by atoms with Gasteiger partial charge in [0.15, 0.2) is 5.82 Å². The Hall–Kier alpha value is -2.42. The van der Waals surface area contributed by atoms with Gasteiger partial charge in [-0.3, -0.25) is 4.79 Å². The van der Waals surface area contributed by atoms with Gasteiger partial charge in [-0.15, -0.1) is 0 Å². The summed E-state index contributed by atoms with van der Waals surface area (Å²) in [5.74, 6) is 1.50. The first-order valence-electron chi connectivity index (χ1n) is 10.2. The molecule has 2 saturated carbocycles. The van der Waals surface area contributed by atoms with E-state index in [1.54, 1.807) is 26.0 Å². The van der Waals surface area contributed by atoms with Crippen molar-refractivity contribution in [2.75, 3.05) is 18.6 Å². The summed E-state index contributed by atoms with van der Waals surface area (Å²) in [6, 6.07) is 5.46. The molecule has 0 unspecified atom stereocenters. The summed E-state index contributed by atoms with van der Waals surface area (Å²) in [6.45, 7) is 3.86. The van der Waals surface area contributed by atoms with Crippen LogP contribution in [-0.2, 0) is 15.4 Å². The number of amides is 1. The maximum Gasteiger partial charge on any atom is 0.252 e. The second kappa shape index (κ2) is 7.68. The van der Waals surface area contributed by atoms with Crippen molar-refractivity contribution in [1.82, 2.24) is 15.5 Å². The van der Waals surface area contributed by atoms with Crippen LogP contribution in [0.2, 0.25) is 0 Å². The number of carbonyl (C=O) groups excluding carboxylic acids is 1. The number of nitrogens with zero attached hydrogens (tertiary/aromatic N) is 2. The molecule has 1 atom stereocenters. The van der Waals surface area contributed by atoms with Crippen molar-refractivity contribution in [2.45, 2.75) is 51.0 Å². The summed E-state index contributed by atoms with van der Waals surface area (Å²) in [5, 5.41) is 6.65. The molecule has 2 fully saturated rings. The summed E-state index contributed by atoms with van der Waals surface area (Å²) < 4.78 is 35.1. The summed E-state index contributed by atoms with van der Waals surface area (Å²) in [4.78, 5) is 17.2. The molecule has 0 radical (unpaired) electrons. The van der Waals surface area contributed by atoms with E-state index in [4.69, 9.17) is 9.26 Å². The maximum atomic E-state index is 13.1. The van der Waals surface area contributed by atoms with E-state index >= 15 is 0 Å². The van der Waals surface area contributed by atoms with Gasteiger partial charge in [-0.1, -0.05) is 11.2 Å². The molecule has 9 heteroatoms. The summed E-state index contributed by atoms with van der Waals surface area (Å²) >= 11 is 0. The van der Waals surface area contributed by atoms with E-state index in [9.17, 15) is 13.2 Å². The Morgan fingerprint density at radius 2 is 2.03 bits per heavy atom. The van der Waals surface area contributed by atoms with Gasteiger partial charge in [0.25, 0.3) is 5.91 Å². The van der Waals surface area contributed by atoms with Crippen LogP contribution in [0.5, 0.6) is 5.75 Å². The van der Waals surface area contributed by atoms with Crippen LogP contribution in [0.3, 0.4) is 0 Å². The molecule has 30 heavy (non-hydrogen) atoms. The molecule has 4 rings (SSSR count). The van der Waals surface area contributed by atoms with Gasteiger partial charge >= 0.3 is 0 Å². The van der Waals surface area contributed by atoms with Crippen LogP contribution in [0.25, 0.3) is 0 Å². The third-order valence-electron chi connectivity index (χ3n) is 5.43. The van der Waals surface area contributed by atoms with Gasteiger partial charge in [0.05, 0.1) is 12.4 Å². The van der Waals surface area contributed by atoms with Crippen LogP contribution in [0, 0.1) is 12.8 Å². The second-order valence-corrected chi connectivity index (χ2v) is 10.9. The van der Waals surface area contributed by atoms with E-state index in [1.807, 2.05) is 6.07 Å². The molecule has 2 aliphatic carbocycles. The minimum atomic E-state index is -3.44. The number of ether oxygens (including phenoxy) is 1. The van der Waals surface area contributed by atoms with Gasteiger partial charge in [0.2, 0.25) is 5.89 Å². The van der Waals surface area contributed by atoms with Gasteiger partial charge in [-0.25, -0.2) is 8.42 Å². The maximum absolute atomic E-state index is 13.1. The molecular formula is C21H27N3O5S. The fourth-order valence-corrected chi connectivity index (χ4v) is 4.80. The zero-order valence-electron chi connectivity index (χ0n) is 17.5. The predicted molar refractivity (Wildman–Crippen MR) is 110 cm³/mol. The zero-order valence-corrected chi connectivity index (χ0v) is 18.3. The van der Waals surface area contributed by atoms with Crippen LogP contribution in [-0.4, -0.2) is 43.1 Å². The number of hydrogen-bond donors (Lipinski definition) is 1. The van der Waals surface area contributed by atoms with Crippen molar-refractivity contribution in [3.8, 4) is 5.75 Å². The van der Waals surface area contributed by atoms with Gasteiger partial charge in [0.1, 0.15) is 21.1 Å². The van der Waals surface area contributed by atoms with Crippen molar-refractivity contribution < 1.29 is 22.5 Å². The van der Waals surface area contributed by atoms with E-state index in [0.717, 1.165) is 30.4 Å². The van der Waals surface area contributed by atoms with Crippen molar-refractivity contribution >= 4 is 15.7 Å². The van der Waals surface area contributed by atoms with E-state index in [-0.39, 0.29) is 11.6 Å². The Morgan fingerprint density at radius 3 is 2.60 bits per heavy atom. The van der Waals surface area contributed by atoms with Crippen LogP contribution in [0.1, 0.15) is 66.2 Å². The van der Waals surface area contributed by atoms with E-state index in [0.29, 0.717) is 29.9 Å². The van der Waals surface area contributed by atoms with Crippen LogP contribution >= 0.6 is 0 Å². The Morgan fingerprint density at radius 1 is 1.30 bits per heavy atom. The normalized spacial score (nSPS) is 18.6. The highest BCUT2D eigenvalue weighted by molar-refractivity contribution is 7.90. The molecule has 1 aromatic carbocycles. The molecule has 0 bridgehead atoms. The number of carbonyl (C=O) groups is 1. The fraction of sp³-hybridized carbons (Fsp3) is 0.571. The monoisotopic (exact) mass is 433 g/mol. The van der Waals surface area contributed by atoms with Crippen LogP contribution in [0.4, 0.5) is 0 Å². The predicted octanol–water partition coefficient (Wildman–Crippen LogP) is 2.73. The molecule has 1 amide bonds. The molecule has 2 aromatic rings. The van der Waals surface area contributed by atoms with E-state index in [1.165, 1.54) is 12.8 Å². The standard InChI is InChI=1S/C21H27N3O5S/c1-13-22-20(24-29-13)21(2,12-30(3,26)27)23-19(25)16-8-9-17(15-6-7-15)18(10-16)28-11-14-4-5-14/h8-10,14-15H,4-7,11-12H2,1-3H3,(H,23,25)/t21-/m0/s1. The molecule has 0 saturated heterocycles. The number of benzene rings is 1. The zero-order chi connectivity index (χ0) is 21.5. The Bertz CT molecular complexity index is 1060. The average molecular weight is 434 g/mol. The molecule has 2 aliphatic rings. The second-order valence-electron chi connectivity index (χ2n) is 8.77. The Kier molecular flexibility index (Phi) is 5.34. The molecule has 1 N–H and O–H groups in total. The largest absolute Gasteiger partial charge is 0.493 e. The fourth-order valence-electron chi connectivity index (χ4n) is 3.55. The first-order valence-corrected chi connectivity index (χ1v) is 12.3. The quantitative estimate of drug-likeness (QED) is 0.647. The highest BCUT2D eigenvalue weighted by Crippen LogP contribution is 2.45. The SMILES string of the molecule is Cc1nc([C@](C)(CS(C)(=O)=O)NC(=O)c2ccc(C3CC3)c(OCC3CC3)c2)no1. The van der Waals surface area contributed by atoms with Crippen molar-refractivity contribution in [1.29, 1.82) is 0 Å². The van der Waals surface area contributed by atoms with Crippen molar-refractivity contribution in [3.05, 3.63) is 41.0 Å². The van der Waals surface area contributed by atoms with Gasteiger partial charge in [0, 0.05) is 18.7 Å². The molecule has 8 nitrogen and oxygen atoms in total. The van der Waals surface area contributed by atoms with Crippen molar-refractivity contribution in [3.63, 3.8) is 0 Å². The number of aryl methyl sites for hydroxylation is 1. The smallest absolute Gasteiger partial charge is 0.252 e. The van der Waals surface area contributed by atoms with Gasteiger partial charge in [-0.05, 0) is 62.1 Å². The molecule has 1 aromatic heterocycles. The van der Waals surface area contributed by atoms with Crippen LogP contribution < -0.4 is 10.1 Å². The lowest BCUT2D eigenvalue weighted by atomic mass is 10.0. The third kappa shape index (κ3) is 5.00. The number of nitrogens with one attached hydrogen (secondary N) is 1. The highest BCUT2D eigenvalue weighted by atomic mass is 32.2. The molecular weight excluding hydrogens is 406 g/mol. The highest BCUT2D eigenvalue weighted by Gasteiger charge is 2.38. The summed E-state index contributed by atoms with van der Waals surface area (Å²) in [7, 11) is -3.44. The molecule has 1 heterocycles. The first kappa shape index (κ1) is 20.8. The summed E-state index contributed by atoms with van der Waals surface area (Å²) in [6.07, 6.45) is 5.75. The third-order valence-corrected chi connectivity index (χ3v) is 6.53. The van der Waals surface area contributed by atoms with E-state index < -0.39 is 21.3 Å². The van der Waals surface area contributed by atoms with Gasteiger partial charge < -0.3 is 14.6 Å². The number of sulfone groups is 1. The Balaban J connectivity index is 1.59. The first-order chi connectivity index (χ1) is 14.1. The lowest BCUT2D eigenvalue weighted by molar-refractivity contribution is 0.0908. The van der Waals surface area contributed by atoms with E-state index in [2.05, 4.69) is 15.5 Å². The summed E-state index contributed by atoms with van der Waals surface area (Å²) in [5.41, 5.74) is 0.220. The number of hydrogen-bond acceptors (Lipinski definition) is 7. The number of rotatable bonds is 9. The Labute approximate surface area is 176 Å². The van der Waals surface area contributed by atoms with Gasteiger partial charge in [-0.2, -0.15) is 4.98 Å². The lowest BCUT2D eigenvalue weighted by Crippen LogP contribution is -2.49. The minimum absolute atomic E-state index is 0.124. The van der Waals surface area contributed by atoms with Crippen molar-refractivity contribution in [2.24, 2.45) is 5.92 Å². The number of aromatic nitrogens is 2. The molecule has 0 spiro atoms. The minimum Gasteiger partial charge on any atom is -0.493 e. The average Bonchev–Trinajstić information content (AvgIpc) is 3.57. The molecule has 162 valence electrons. The molecule has 0 aliphatic heterocycles. The lowest BCUT2D eigenvalue weighted by Gasteiger charge is -2.27. The van der Waals surface area contributed by atoms with Crippen LogP contribution in [0.15, 0.2) is 22.7 Å².